The van der Waals surface area contributed by atoms with Gasteiger partial charge in [0.2, 0.25) is 0 Å². The number of carbonyl (C=O) groups excluding carboxylic acids is 2. The van der Waals surface area contributed by atoms with Crippen LogP contribution in [0.4, 0.5) is 4.39 Å². The van der Waals surface area contributed by atoms with E-state index in [4.69, 9.17) is 5.26 Å². The lowest BCUT2D eigenvalue weighted by Crippen LogP contribution is -2.48. The summed E-state index contributed by atoms with van der Waals surface area (Å²) in [5.41, 5.74) is 0.121. The number of benzene rings is 1. The summed E-state index contributed by atoms with van der Waals surface area (Å²) >= 11 is 0. The zero-order valence-electron chi connectivity index (χ0n) is 18.8. The van der Waals surface area contributed by atoms with Crippen LogP contribution in [-0.4, -0.2) is 53.5 Å². The zero-order chi connectivity index (χ0) is 23.3. The first-order valence-corrected chi connectivity index (χ1v) is 11.3. The lowest BCUT2D eigenvalue weighted by Gasteiger charge is -2.38. The molecule has 32 heavy (non-hydrogen) atoms. The molecule has 0 aliphatic carbocycles. The van der Waals surface area contributed by atoms with Gasteiger partial charge in [-0.3, -0.25) is 14.5 Å². The molecule has 7 heteroatoms. The SMILES string of the molecule is CC(C)(CO)CCCC(=O)CN1C2C=C[C@H]1CC(CNC(=O)c1cc(F)cc(C#N)c1)C2. The number of carbonyl (C=O) groups is 2. The average molecular weight is 442 g/mol. The Labute approximate surface area is 189 Å². The Bertz CT molecular complexity index is 905. The fourth-order valence-electron chi connectivity index (χ4n) is 4.58. The lowest BCUT2D eigenvalue weighted by atomic mass is 9.87. The predicted molar refractivity (Wildman–Crippen MR) is 119 cm³/mol. The van der Waals surface area contributed by atoms with E-state index in [9.17, 15) is 19.1 Å². The maximum atomic E-state index is 13.6. The Morgan fingerprint density at radius 1 is 1.25 bits per heavy atom. The Hall–Kier alpha value is -2.56. The molecule has 1 aromatic rings. The Kier molecular flexibility index (Phi) is 7.81. The van der Waals surface area contributed by atoms with E-state index < -0.39 is 5.82 Å². The van der Waals surface area contributed by atoms with Crippen molar-refractivity contribution in [3.05, 3.63) is 47.3 Å². The number of hydrogen-bond donors (Lipinski definition) is 2. The van der Waals surface area contributed by atoms with Gasteiger partial charge in [0, 0.05) is 37.2 Å². The highest BCUT2D eigenvalue weighted by molar-refractivity contribution is 5.94. The molecule has 0 spiro atoms. The van der Waals surface area contributed by atoms with Gasteiger partial charge in [-0.1, -0.05) is 26.0 Å². The fraction of sp³-hybridized carbons (Fsp3) is 0.560. The predicted octanol–water partition coefficient (Wildman–Crippen LogP) is 3.20. The molecule has 0 radical (unpaired) electrons. The Morgan fingerprint density at radius 3 is 2.56 bits per heavy atom. The molecule has 2 aliphatic heterocycles. The van der Waals surface area contributed by atoms with Crippen LogP contribution in [0.25, 0.3) is 0 Å². The smallest absolute Gasteiger partial charge is 0.251 e. The topological polar surface area (TPSA) is 93.4 Å². The van der Waals surface area contributed by atoms with Crippen LogP contribution in [0.5, 0.6) is 0 Å². The molecule has 2 bridgehead atoms. The second kappa shape index (κ2) is 10.4. The highest BCUT2D eigenvalue weighted by atomic mass is 19.1. The molecular formula is C25H32FN3O3. The van der Waals surface area contributed by atoms with Gasteiger partial charge in [0.15, 0.2) is 0 Å². The van der Waals surface area contributed by atoms with Gasteiger partial charge in [-0.25, -0.2) is 4.39 Å². The Balaban J connectivity index is 1.46. The molecule has 2 unspecified atom stereocenters. The number of nitriles is 1. The van der Waals surface area contributed by atoms with Crippen molar-refractivity contribution >= 4 is 11.7 Å². The summed E-state index contributed by atoms with van der Waals surface area (Å²) in [5.74, 6) is -0.493. The minimum Gasteiger partial charge on any atom is -0.396 e. The van der Waals surface area contributed by atoms with Crippen molar-refractivity contribution in [1.82, 2.24) is 10.2 Å². The van der Waals surface area contributed by atoms with E-state index >= 15 is 0 Å². The van der Waals surface area contributed by atoms with Crippen molar-refractivity contribution in [2.75, 3.05) is 19.7 Å². The third kappa shape index (κ3) is 6.24. The number of halogens is 1. The third-order valence-electron chi connectivity index (χ3n) is 6.49. The number of nitrogens with zero attached hydrogens (tertiary/aromatic N) is 2. The van der Waals surface area contributed by atoms with Gasteiger partial charge in [0.1, 0.15) is 11.6 Å². The molecule has 2 aliphatic rings. The van der Waals surface area contributed by atoms with Crippen LogP contribution in [0.1, 0.15) is 61.9 Å². The third-order valence-corrected chi connectivity index (χ3v) is 6.49. The van der Waals surface area contributed by atoms with E-state index in [2.05, 4.69) is 22.4 Å². The van der Waals surface area contributed by atoms with Crippen molar-refractivity contribution in [1.29, 1.82) is 5.26 Å². The fourth-order valence-corrected chi connectivity index (χ4v) is 4.58. The van der Waals surface area contributed by atoms with E-state index in [-0.39, 0.29) is 52.8 Å². The molecule has 1 aromatic carbocycles. The first kappa shape index (κ1) is 24.1. The number of ketones is 1. The van der Waals surface area contributed by atoms with E-state index in [1.165, 1.54) is 6.07 Å². The summed E-state index contributed by atoms with van der Waals surface area (Å²) in [7, 11) is 0. The number of Topliss-reactive ketones (excluding diaryl/α,β-unsaturated/α-hetero) is 1. The van der Waals surface area contributed by atoms with Crippen molar-refractivity contribution in [2.24, 2.45) is 11.3 Å². The molecule has 2 N–H and O–H groups in total. The summed E-state index contributed by atoms with van der Waals surface area (Å²) in [4.78, 5) is 27.2. The second-order valence-corrected chi connectivity index (χ2v) is 9.79. The number of rotatable bonds is 10. The molecular weight excluding hydrogens is 409 g/mol. The largest absolute Gasteiger partial charge is 0.396 e. The van der Waals surface area contributed by atoms with Crippen LogP contribution in [0.15, 0.2) is 30.4 Å². The van der Waals surface area contributed by atoms with E-state index in [0.29, 0.717) is 19.5 Å². The van der Waals surface area contributed by atoms with Crippen molar-refractivity contribution in [3.8, 4) is 6.07 Å². The Morgan fingerprint density at radius 2 is 1.94 bits per heavy atom. The van der Waals surface area contributed by atoms with Gasteiger partial charge in [0.25, 0.3) is 5.91 Å². The minimum atomic E-state index is -0.602. The normalized spacial score (nSPS) is 22.5. The molecule has 3 atom stereocenters. The second-order valence-electron chi connectivity index (χ2n) is 9.79. The molecule has 0 saturated carbocycles. The molecule has 0 aromatic heterocycles. The average Bonchev–Trinajstić information content (AvgIpc) is 2.98. The molecule has 172 valence electrons. The highest BCUT2D eigenvalue weighted by Crippen LogP contribution is 2.34. The molecule has 1 amide bonds. The monoisotopic (exact) mass is 441 g/mol. The summed E-state index contributed by atoms with van der Waals surface area (Å²) in [6, 6.07) is 5.86. The van der Waals surface area contributed by atoms with Gasteiger partial charge in [-0.15, -0.1) is 0 Å². The van der Waals surface area contributed by atoms with Gasteiger partial charge < -0.3 is 10.4 Å². The van der Waals surface area contributed by atoms with Crippen LogP contribution >= 0.6 is 0 Å². The molecule has 1 fully saturated rings. The van der Waals surface area contributed by atoms with Crippen molar-refractivity contribution in [2.45, 2.75) is 58.0 Å². The number of nitrogens with one attached hydrogen (secondary N) is 1. The number of piperidine rings is 1. The summed E-state index contributed by atoms with van der Waals surface area (Å²) in [6.45, 7) is 5.03. The maximum Gasteiger partial charge on any atom is 0.251 e. The quantitative estimate of drug-likeness (QED) is 0.544. The molecule has 6 nitrogen and oxygen atoms in total. The van der Waals surface area contributed by atoms with Crippen molar-refractivity contribution in [3.63, 3.8) is 0 Å². The van der Waals surface area contributed by atoms with Gasteiger partial charge in [-0.2, -0.15) is 5.26 Å². The highest BCUT2D eigenvalue weighted by Gasteiger charge is 2.37. The maximum absolute atomic E-state index is 13.6. The minimum absolute atomic E-state index is 0.121. The van der Waals surface area contributed by atoms with Crippen LogP contribution in [0.2, 0.25) is 0 Å². The van der Waals surface area contributed by atoms with E-state index in [1.807, 2.05) is 19.9 Å². The summed E-state index contributed by atoms with van der Waals surface area (Å²) < 4.78 is 13.6. The first-order chi connectivity index (χ1) is 15.2. The summed E-state index contributed by atoms with van der Waals surface area (Å²) in [5, 5.41) is 21.2. The van der Waals surface area contributed by atoms with Gasteiger partial charge >= 0.3 is 0 Å². The molecule has 1 saturated heterocycles. The van der Waals surface area contributed by atoms with Crippen LogP contribution in [0.3, 0.4) is 0 Å². The number of hydrogen-bond acceptors (Lipinski definition) is 5. The number of fused-ring (bicyclic) bond motifs is 2. The van der Waals surface area contributed by atoms with Gasteiger partial charge in [-0.05, 0) is 55.2 Å². The standard InChI is InChI=1S/C25H32FN3O3/c1-25(2,16-30)7-3-4-23(31)15-29-21-5-6-22(29)11-18(10-21)14-28-24(32)19-8-17(13-27)9-20(26)12-19/h5-6,8-9,12,18,21-22,30H,3-4,7,10-11,14-16H2,1-2H3,(H,28,32)/t18?,21-,22?/m0/s1. The molecule has 2 heterocycles. The van der Waals surface area contributed by atoms with E-state index in [0.717, 1.165) is 37.8 Å². The number of aliphatic hydroxyl groups is 1. The lowest BCUT2D eigenvalue weighted by molar-refractivity contribution is -0.121. The van der Waals surface area contributed by atoms with Gasteiger partial charge in [0.05, 0.1) is 18.2 Å². The number of amides is 1. The van der Waals surface area contributed by atoms with Crippen LogP contribution < -0.4 is 5.32 Å². The molecule has 3 rings (SSSR count). The number of aliphatic hydroxyl groups excluding tert-OH is 1. The first-order valence-electron chi connectivity index (χ1n) is 11.3. The zero-order valence-corrected chi connectivity index (χ0v) is 18.8. The van der Waals surface area contributed by atoms with Crippen LogP contribution in [0, 0.1) is 28.5 Å². The van der Waals surface area contributed by atoms with Crippen LogP contribution in [-0.2, 0) is 4.79 Å². The summed E-state index contributed by atoms with van der Waals surface area (Å²) in [6.07, 6.45) is 8.14. The van der Waals surface area contributed by atoms with Crippen molar-refractivity contribution < 1.29 is 19.1 Å². The van der Waals surface area contributed by atoms with E-state index in [1.54, 1.807) is 0 Å².